The smallest absolute Gasteiger partial charge is 0.132 e. The number of aromatic nitrogens is 2. The molecule has 2 rings (SSSR count). The molecule has 0 radical (unpaired) electrons. The highest BCUT2D eigenvalue weighted by Crippen LogP contribution is 2.19. The molecule has 4 nitrogen and oxygen atoms in total. The molecule has 5 heteroatoms. The summed E-state index contributed by atoms with van der Waals surface area (Å²) in [6, 6.07) is 10.9. The molecule has 2 heterocycles. The Labute approximate surface area is 110 Å². The zero-order valence-corrected chi connectivity index (χ0v) is 10.5. The Hall–Kier alpha value is -2.12. The van der Waals surface area contributed by atoms with Gasteiger partial charge in [0, 0.05) is 6.20 Å². The SMILES string of the molecule is CC(Nc1cc(C#N)cc(Cl)n1)c1ccccn1. The molecule has 1 atom stereocenters. The van der Waals surface area contributed by atoms with Gasteiger partial charge in [0.1, 0.15) is 11.0 Å². The third-order valence-corrected chi connectivity index (χ3v) is 2.61. The minimum atomic E-state index is -0.0105. The lowest BCUT2D eigenvalue weighted by Crippen LogP contribution is -2.09. The van der Waals surface area contributed by atoms with E-state index in [-0.39, 0.29) is 6.04 Å². The number of hydrogen-bond acceptors (Lipinski definition) is 4. The fourth-order valence-corrected chi connectivity index (χ4v) is 1.77. The molecule has 0 aliphatic carbocycles. The van der Waals surface area contributed by atoms with Crippen molar-refractivity contribution in [1.29, 1.82) is 5.26 Å². The van der Waals surface area contributed by atoms with E-state index >= 15 is 0 Å². The molecule has 0 saturated heterocycles. The van der Waals surface area contributed by atoms with Gasteiger partial charge in [0.05, 0.1) is 23.4 Å². The second-order valence-electron chi connectivity index (χ2n) is 3.80. The zero-order valence-electron chi connectivity index (χ0n) is 9.76. The first kappa shape index (κ1) is 12.3. The lowest BCUT2D eigenvalue weighted by Gasteiger charge is -2.14. The van der Waals surface area contributed by atoms with Crippen molar-refractivity contribution in [2.45, 2.75) is 13.0 Å². The normalized spacial score (nSPS) is 11.6. The number of hydrogen-bond donors (Lipinski definition) is 1. The van der Waals surface area contributed by atoms with Gasteiger partial charge in [0.15, 0.2) is 0 Å². The van der Waals surface area contributed by atoms with Gasteiger partial charge in [0.2, 0.25) is 0 Å². The summed E-state index contributed by atoms with van der Waals surface area (Å²) in [5.74, 6) is 0.567. The third kappa shape index (κ3) is 2.96. The van der Waals surface area contributed by atoms with Gasteiger partial charge < -0.3 is 5.32 Å². The molecule has 0 amide bonds. The van der Waals surface area contributed by atoms with E-state index in [9.17, 15) is 0 Å². The number of nitriles is 1. The Bertz CT molecular complexity index is 577. The average Bonchev–Trinajstić information content (AvgIpc) is 2.39. The van der Waals surface area contributed by atoms with Crippen molar-refractivity contribution < 1.29 is 0 Å². The summed E-state index contributed by atoms with van der Waals surface area (Å²) in [6.45, 7) is 1.97. The molecule has 2 aromatic rings. The number of anilines is 1. The summed E-state index contributed by atoms with van der Waals surface area (Å²) in [5.41, 5.74) is 1.38. The van der Waals surface area contributed by atoms with Gasteiger partial charge in [-0.15, -0.1) is 0 Å². The van der Waals surface area contributed by atoms with Crippen LogP contribution < -0.4 is 5.32 Å². The maximum Gasteiger partial charge on any atom is 0.132 e. The van der Waals surface area contributed by atoms with Gasteiger partial charge in [-0.05, 0) is 31.2 Å². The Morgan fingerprint density at radius 2 is 2.22 bits per heavy atom. The van der Waals surface area contributed by atoms with Crippen LogP contribution in [0.5, 0.6) is 0 Å². The average molecular weight is 259 g/mol. The van der Waals surface area contributed by atoms with Crippen LogP contribution in [0.1, 0.15) is 24.2 Å². The van der Waals surface area contributed by atoms with E-state index in [0.717, 1.165) is 5.69 Å². The number of rotatable bonds is 3. The van der Waals surface area contributed by atoms with Gasteiger partial charge in [0.25, 0.3) is 0 Å². The maximum atomic E-state index is 8.86. The van der Waals surface area contributed by atoms with Crippen molar-refractivity contribution in [3.05, 3.63) is 52.9 Å². The lowest BCUT2D eigenvalue weighted by molar-refractivity contribution is 0.832. The molecule has 0 spiro atoms. The first-order valence-corrected chi connectivity index (χ1v) is 5.82. The highest BCUT2D eigenvalue weighted by Gasteiger charge is 2.08. The van der Waals surface area contributed by atoms with Crippen molar-refractivity contribution in [3.8, 4) is 6.07 Å². The number of nitrogens with one attached hydrogen (secondary N) is 1. The molecule has 18 heavy (non-hydrogen) atoms. The summed E-state index contributed by atoms with van der Waals surface area (Å²) in [6.07, 6.45) is 1.74. The van der Waals surface area contributed by atoms with Crippen LogP contribution in [-0.4, -0.2) is 9.97 Å². The minimum Gasteiger partial charge on any atom is -0.362 e. The second-order valence-corrected chi connectivity index (χ2v) is 4.18. The Morgan fingerprint density at radius 1 is 1.39 bits per heavy atom. The monoisotopic (exact) mass is 258 g/mol. The molecule has 1 N–H and O–H groups in total. The summed E-state index contributed by atoms with van der Waals surface area (Å²) in [4.78, 5) is 8.37. The van der Waals surface area contributed by atoms with E-state index in [0.29, 0.717) is 16.5 Å². The van der Waals surface area contributed by atoms with Crippen molar-refractivity contribution in [1.82, 2.24) is 9.97 Å². The summed E-state index contributed by atoms with van der Waals surface area (Å²) in [7, 11) is 0. The van der Waals surface area contributed by atoms with Crippen molar-refractivity contribution in [3.63, 3.8) is 0 Å². The van der Waals surface area contributed by atoms with Crippen LogP contribution in [0, 0.1) is 11.3 Å². The van der Waals surface area contributed by atoms with Crippen molar-refractivity contribution in [2.24, 2.45) is 0 Å². The molecule has 0 fully saturated rings. The van der Waals surface area contributed by atoms with Gasteiger partial charge in [-0.1, -0.05) is 17.7 Å². The van der Waals surface area contributed by atoms with Crippen LogP contribution >= 0.6 is 11.6 Å². The van der Waals surface area contributed by atoms with Gasteiger partial charge in [-0.3, -0.25) is 4.98 Å². The highest BCUT2D eigenvalue weighted by atomic mass is 35.5. The number of halogens is 1. The van der Waals surface area contributed by atoms with Crippen LogP contribution in [0.25, 0.3) is 0 Å². The molecule has 0 aromatic carbocycles. The number of nitrogens with zero attached hydrogens (tertiary/aromatic N) is 3. The molecule has 2 aromatic heterocycles. The predicted octanol–water partition coefficient (Wildman–Crippen LogP) is 3.17. The van der Waals surface area contributed by atoms with Crippen LogP contribution in [0.3, 0.4) is 0 Å². The summed E-state index contributed by atoms with van der Waals surface area (Å²) < 4.78 is 0. The molecule has 0 aliphatic rings. The van der Waals surface area contributed by atoms with Gasteiger partial charge >= 0.3 is 0 Å². The fraction of sp³-hybridized carbons (Fsp3) is 0.154. The summed E-state index contributed by atoms with van der Waals surface area (Å²) in [5, 5.41) is 12.3. The topological polar surface area (TPSA) is 61.6 Å². The summed E-state index contributed by atoms with van der Waals surface area (Å²) >= 11 is 5.84. The maximum absolute atomic E-state index is 8.86. The quantitative estimate of drug-likeness (QED) is 0.859. The first-order chi connectivity index (χ1) is 8.69. The molecular formula is C13H11ClN4. The first-order valence-electron chi connectivity index (χ1n) is 5.44. The van der Waals surface area contributed by atoms with E-state index < -0.39 is 0 Å². The number of pyridine rings is 2. The molecule has 0 saturated carbocycles. The van der Waals surface area contributed by atoms with Crippen LogP contribution in [-0.2, 0) is 0 Å². The molecular weight excluding hydrogens is 248 g/mol. The lowest BCUT2D eigenvalue weighted by atomic mass is 10.2. The second kappa shape index (κ2) is 5.48. The minimum absolute atomic E-state index is 0.0105. The molecule has 90 valence electrons. The Kier molecular flexibility index (Phi) is 3.75. The standard InChI is InChI=1S/C13H11ClN4/c1-9(11-4-2-3-5-16-11)17-13-7-10(8-15)6-12(14)18-13/h2-7,9H,1H3,(H,17,18). The molecule has 1 unspecified atom stereocenters. The van der Waals surface area contributed by atoms with E-state index in [1.165, 1.54) is 6.07 Å². The van der Waals surface area contributed by atoms with Gasteiger partial charge in [-0.25, -0.2) is 4.98 Å². The highest BCUT2D eigenvalue weighted by molar-refractivity contribution is 6.29. The zero-order chi connectivity index (χ0) is 13.0. The van der Waals surface area contributed by atoms with E-state index in [2.05, 4.69) is 15.3 Å². The van der Waals surface area contributed by atoms with Crippen LogP contribution in [0.4, 0.5) is 5.82 Å². The van der Waals surface area contributed by atoms with Gasteiger partial charge in [-0.2, -0.15) is 5.26 Å². The predicted molar refractivity (Wildman–Crippen MR) is 70.2 cm³/mol. The molecule has 0 bridgehead atoms. The van der Waals surface area contributed by atoms with Crippen molar-refractivity contribution >= 4 is 17.4 Å². The van der Waals surface area contributed by atoms with Crippen LogP contribution in [0.15, 0.2) is 36.5 Å². The largest absolute Gasteiger partial charge is 0.362 e. The van der Waals surface area contributed by atoms with Crippen molar-refractivity contribution in [2.75, 3.05) is 5.32 Å². The van der Waals surface area contributed by atoms with E-state index in [1.807, 2.05) is 31.2 Å². The fourth-order valence-electron chi connectivity index (χ4n) is 1.56. The Morgan fingerprint density at radius 3 is 2.89 bits per heavy atom. The van der Waals surface area contributed by atoms with E-state index in [4.69, 9.17) is 16.9 Å². The van der Waals surface area contributed by atoms with E-state index in [1.54, 1.807) is 12.3 Å². The molecule has 0 aliphatic heterocycles. The third-order valence-electron chi connectivity index (χ3n) is 2.42. The van der Waals surface area contributed by atoms with Crippen LogP contribution in [0.2, 0.25) is 5.15 Å². The Balaban J connectivity index is 2.20.